The van der Waals surface area contributed by atoms with Crippen LogP contribution in [0.1, 0.15) is 5.56 Å². The summed E-state index contributed by atoms with van der Waals surface area (Å²) in [5.41, 5.74) is 1.55. The van der Waals surface area contributed by atoms with Gasteiger partial charge in [0.15, 0.2) is 0 Å². The third-order valence-corrected chi connectivity index (χ3v) is 4.02. The highest BCUT2D eigenvalue weighted by atomic mass is 35.5. The largest absolute Gasteiger partial charge is 0.508 e. The van der Waals surface area contributed by atoms with Crippen LogP contribution in [-0.4, -0.2) is 31.1 Å². The van der Waals surface area contributed by atoms with Crippen LogP contribution >= 0.6 is 11.6 Å². The van der Waals surface area contributed by atoms with Crippen LogP contribution in [0.15, 0.2) is 52.6 Å². The molecule has 4 rings (SSSR count). The molecule has 0 unspecified atom stereocenters. The lowest BCUT2D eigenvalue weighted by Gasteiger charge is -2.00. The van der Waals surface area contributed by atoms with Gasteiger partial charge in [0.25, 0.3) is 5.56 Å². The predicted octanol–water partition coefficient (Wildman–Crippen LogP) is 2.82. The maximum absolute atomic E-state index is 12.6. The van der Waals surface area contributed by atoms with E-state index in [4.69, 9.17) is 11.6 Å². The van der Waals surface area contributed by atoms with Crippen molar-refractivity contribution in [3.05, 3.63) is 63.7 Å². The Morgan fingerprint density at radius 1 is 1.20 bits per heavy atom. The molecule has 0 aliphatic carbocycles. The molecule has 4 aromatic rings. The highest BCUT2D eigenvalue weighted by Crippen LogP contribution is 2.24. The summed E-state index contributed by atoms with van der Waals surface area (Å²) < 4.78 is 1.06. The number of fused-ring (bicyclic) bond motifs is 3. The van der Waals surface area contributed by atoms with Crippen LogP contribution < -0.4 is 5.56 Å². The van der Waals surface area contributed by atoms with E-state index in [2.05, 4.69) is 15.1 Å². The average molecular weight is 355 g/mol. The lowest BCUT2D eigenvalue weighted by Crippen LogP contribution is -2.17. The monoisotopic (exact) mass is 354 g/mol. The Morgan fingerprint density at radius 3 is 2.84 bits per heavy atom. The van der Waals surface area contributed by atoms with Crippen LogP contribution in [0.2, 0.25) is 5.02 Å². The van der Waals surface area contributed by atoms with Crippen LogP contribution in [0.5, 0.6) is 11.5 Å². The number of benzene rings is 2. The van der Waals surface area contributed by atoms with Crippen molar-refractivity contribution in [2.75, 3.05) is 0 Å². The molecule has 2 heterocycles. The van der Waals surface area contributed by atoms with Gasteiger partial charge in [0.05, 0.1) is 6.21 Å². The molecule has 0 saturated heterocycles. The van der Waals surface area contributed by atoms with E-state index in [1.54, 1.807) is 18.2 Å². The van der Waals surface area contributed by atoms with Crippen molar-refractivity contribution in [2.45, 2.75) is 0 Å². The van der Waals surface area contributed by atoms with Gasteiger partial charge >= 0.3 is 0 Å². The van der Waals surface area contributed by atoms with Crippen LogP contribution in [-0.2, 0) is 0 Å². The molecule has 0 radical (unpaired) electrons. The van der Waals surface area contributed by atoms with Crippen molar-refractivity contribution in [1.82, 2.24) is 14.6 Å². The number of phenols is 2. The first-order valence-corrected chi connectivity index (χ1v) is 7.65. The standard InChI is InChI=1S/C17H11ClN4O3/c18-10-2-4-13-12(5-10)15-16(21-13)17(25)22(8-19-15)20-7-9-1-3-11(23)6-14(9)24/h1-8,21,23-24H. The number of nitrogens with one attached hydrogen (secondary N) is 1. The zero-order valence-corrected chi connectivity index (χ0v) is 13.4. The fourth-order valence-electron chi connectivity index (χ4n) is 2.57. The number of aromatic hydroxyl groups is 2. The van der Waals surface area contributed by atoms with Crippen molar-refractivity contribution >= 4 is 39.8 Å². The normalized spacial score (nSPS) is 11.7. The van der Waals surface area contributed by atoms with Crippen LogP contribution in [0, 0.1) is 0 Å². The van der Waals surface area contributed by atoms with Gasteiger partial charge in [-0.15, -0.1) is 0 Å². The van der Waals surface area contributed by atoms with Gasteiger partial charge in [-0.1, -0.05) is 11.6 Å². The van der Waals surface area contributed by atoms with Crippen molar-refractivity contribution in [1.29, 1.82) is 0 Å². The molecule has 0 amide bonds. The Labute approximate surface area is 145 Å². The molecule has 124 valence electrons. The summed E-state index contributed by atoms with van der Waals surface area (Å²) in [7, 11) is 0. The molecule has 0 atom stereocenters. The maximum atomic E-state index is 12.6. The number of hydrogen-bond acceptors (Lipinski definition) is 5. The van der Waals surface area contributed by atoms with E-state index in [-0.39, 0.29) is 17.1 Å². The summed E-state index contributed by atoms with van der Waals surface area (Å²) in [5, 5.41) is 24.4. The second kappa shape index (κ2) is 5.64. The molecule has 7 nitrogen and oxygen atoms in total. The molecule has 0 aliphatic rings. The molecule has 2 aromatic heterocycles. The minimum atomic E-state index is -0.383. The molecular weight excluding hydrogens is 344 g/mol. The molecule has 25 heavy (non-hydrogen) atoms. The molecule has 0 spiro atoms. The molecule has 3 N–H and O–H groups in total. The van der Waals surface area contributed by atoms with Gasteiger partial charge in [-0.25, -0.2) is 4.98 Å². The smallest absolute Gasteiger partial charge is 0.298 e. The molecule has 0 saturated carbocycles. The molecule has 0 fully saturated rings. The number of aromatic nitrogens is 3. The molecule has 8 heteroatoms. The fourth-order valence-corrected chi connectivity index (χ4v) is 2.74. The van der Waals surface area contributed by atoms with Crippen LogP contribution in [0.3, 0.4) is 0 Å². The minimum absolute atomic E-state index is 0.0633. The molecule has 0 aliphatic heterocycles. The summed E-state index contributed by atoms with van der Waals surface area (Å²) in [5.74, 6) is -0.210. The minimum Gasteiger partial charge on any atom is -0.508 e. The quantitative estimate of drug-likeness (QED) is 0.481. The van der Waals surface area contributed by atoms with Gasteiger partial charge in [-0.2, -0.15) is 9.78 Å². The van der Waals surface area contributed by atoms with Crippen molar-refractivity contribution in [3.63, 3.8) is 0 Å². The second-order valence-electron chi connectivity index (χ2n) is 5.42. The Balaban J connectivity index is 1.83. The van der Waals surface area contributed by atoms with Crippen molar-refractivity contribution in [3.8, 4) is 11.5 Å². The Morgan fingerprint density at radius 2 is 2.04 bits per heavy atom. The summed E-state index contributed by atoms with van der Waals surface area (Å²) >= 11 is 6.00. The number of halogens is 1. The maximum Gasteiger partial charge on any atom is 0.298 e. The summed E-state index contributed by atoms with van der Waals surface area (Å²) in [4.78, 5) is 19.9. The highest BCUT2D eigenvalue weighted by molar-refractivity contribution is 6.31. The third-order valence-electron chi connectivity index (χ3n) is 3.79. The zero-order valence-electron chi connectivity index (χ0n) is 12.6. The lowest BCUT2D eigenvalue weighted by molar-refractivity contribution is 0.450. The summed E-state index contributed by atoms with van der Waals surface area (Å²) in [6.07, 6.45) is 2.61. The highest BCUT2D eigenvalue weighted by Gasteiger charge is 2.11. The van der Waals surface area contributed by atoms with E-state index in [0.717, 1.165) is 15.6 Å². The fraction of sp³-hybridized carbons (Fsp3) is 0. The third kappa shape index (κ3) is 2.60. The van der Waals surface area contributed by atoms with Gasteiger partial charge in [0.1, 0.15) is 28.9 Å². The predicted molar refractivity (Wildman–Crippen MR) is 95.6 cm³/mol. The second-order valence-corrected chi connectivity index (χ2v) is 5.86. The van der Waals surface area contributed by atoms with E-state index >= 15 is 0 Å². The number of aromatic amines is 1. The average Bonchev–Trinajstić information content (AvgIpc) is 2.94. The van der Waals surface area contributed by atoms with E-state index in [1.165, 1.54) is 30.7 Å². The number of H-pyrrole nitrogens is 1. The van der Waals surface area contributed by atoms with E-state index in [0.29, 0.717) is 21.6 Å². The first-order chi connectivity index (χ1) is 12.0. The number of rotatable bonds is 2. The number of phenolic OH excluding ortho intramolecular Hbond substituents is 2. The van der Waals surface area contributed by atoms with Crippen molar-refractivity contribution < 1.29 is 10.2 Å². The zero-order chi connectivity index (χ0) is 17.6. The van der Waals surface area contributed by atoms with Crippen LogP contribution in [0.25, 0.3) is 21.9 Å². The number of nitrogens with zero attached hydrogens (tertiary/aromatic N) is 3. The van der Waals surface area contributed by atoms with Gasteiger partial charge in [-0.05, 0) is 30.3 Å². The Kier molecular flexibility index (Phi) is 3.43. The summed E-state index contributed by atoms with van der Waals surface area (Å²) in [6, 6.07) is 9.32. The Hall–Kier alpha value is -3.32. The Bertz CT molecular complexity index is 1210. The topological polar surface area (TPSA) is 104 Å². The first kappa shape index (κ1) is 15.2. The van der Waals surface area contributed by atoms with Gasteiger partial charge < -0.3 is 15.2 Å². The first-order valence-electron chi connectivity index (χ1n) is 7.28. The molecule has 2 aromatic carbocycles. The van der Waals surface area contributed by atoms with Gasteiger partial charge in [-0.3, -0.25) is 4.79 Å². The summed E-state index contributed by atoms with van der Waals surface area (Å²) in [6.45, 7) is 0. The lowest BCUT2D eigenvalue weighted by atomic mass is 10.2. The van der Waals surface area contributed by atoms with Gasteiger partial charge in [0.2, 0.25) is 0 Å². The SMILES string of the molecule is O=c1c2[nH]c3ccc(Cl)cc3c2ncn1N=Cc1ccc(O)cc1O. The number of hydrogen-bond donors (Lipinski definition) is 3. The molecule has 0 bridgehead atoms. The van der Waals surface area contributed by atoms with E-state index in [1.807, 2.05) is 0 Å². The van der Waals surface area contributed by atoms with E-state index in [9.17, 15) is 15.0 Å². The van der Waals surface area contributed by atoms with E-state index < -0.39 is 0 Å². The van der Waals surface area contributed by atoms with Gasteiger partial charge in [0, 0.05) is 27.6 Å². The van der Waals surface area contributed by atoms with Crippen molar-refractivity contribution in [2.24, 2.45) is 5.10 Å². The molecular formula is C17H11ClN4O3. The van der Waals surface area contributed by atoms with Crippen LogP contribution in [0.4, 0.5) is 0 Å².